The quantitative estimate of drug-likeness (QED) is 0.639. The number of aromatic amines is 1. The Bertz CT molecular complexity index is 1180. The molecule has 0 radical (unpaired) electrons. The van der Waals surface area contributed by atoms with Gasteiger partial charge in [0.15, 0.2) is 0 Å². The van der Waals surface area contributed by atoms with Gasteiger partial charge in [0.1, 0.15) is 30.4 Å². The lowest BCUT2D eigenvalue weighted by atomic mass is 9.77. The molecule has 1 atom stereocenters. The second kappa shape index (κ2) is 8.74. The lowest BCUT2D eigenvalue weighted by molar-refractivity contribution is -0.127. The Morgan fingerprint density at radius 1 is 1.12 bits per heavy atom. The number of nitrogens with one attached hydrogen (secondary N) is 2. The van der Waals surface area contributed by atoms with Gasteiger partial charge in [-0.3, -0.25) is 9.59 Å². The number of fused-ring (bicyclic) bond motifs is 2. The van der Waals surface area contributed by atoms with Crippen molar-refractivity contribution in [2.45, 2.75) is 56.8 Å². The number of hydrogen-bond donors (Lipinski definition) is 2. The zero-order chi connectivity index (χ0) is 22.0. The summed E-state index contributed by atoms with van der Waals surface area (Å²) in [5.74, 6) is 1.07. The highest BCUT2D eigenvalue weighted by molar-refractivity contribution is 5.78. The van der Waals surface area contributed by atoms with Crippen molar-refractivity contribution in [3.63, 3.8) is 0 Å². The fraction of sp³-hybridized carbons (Fsp3) is 0.400. The van der Waals surface area contributed by atoms with Crippen LogP contribution >= 0.6 is 0 Å². The second-order valence-electron chi connectivity index (χ2n) is 8.73. The third-order valence-electron chi connectivity index (χ3n) is 6.43. The summed E-state index contributed by atoms with van der Waals surface area (Å²) in [5.41, 5.74) is 1.21. The maximum absolute atomic E-state index is 12.7. The number of ether oxygens (including phenoxy) is 2. The van der Waals surface area contributed by atoms with Gasteiger partial charge >= 0.3 is 0 Å². The van der Waals surface area contributed by atoms with E-state index in [-0.39, 0.29) is 36.3 Å². The number of benzene rings is 2. The molecule has 1 amide bonds. The maximum Gasteiger partial charge on any atom is 0.258 e. The molecule has 0 bridgehead atoms. The summed E-state index contributed by atoms with van der Waals surface area (Å²) in [5, 5.41) is 3.67. The third kappa shape index (κ3) is 4.25. The van der Waals surface area contributed by atoms with E-state index in [0.717, 1.165) is 43.4 Å². The molecule has 0 saturated heterocycles. The monoisotopic (exact) mass is 433 g/mol. The van der Waals surface area contributed by atoms with Gasteiger partial charge in [0.2, 0.25) is 5.91 Å². The van der Waals surface area contributed by atoms with Crippen molar-refractivity contribution >= 4 is 16.8 Å². The summed E-state index contributed by atoms with van der Waals surface area (Å²) in [4.78, 5) is 32.0. The van der Waals surface area contributed by atoms with Gasteiger partial charge in [-0.05, 0) is 43.9 Å². The normalized spacial score (nSPS) is 19.3. The van der Waals surface area contributed by atoms with Gasteiger partial charge in [-0.2, -0.15) is 0 Å². The molecule has 3 aromatic rings. The molecule has 166 valence electrons. The van der Waals surface area contributed by atoms with Crippen LogP contribution in [0.4, 0.5) is 0 Å². The first-order valence-electron chi connectivity index (χ1n) is 11.2. The van der Waals surface area contributed by atoms with Crippen molar-refractivity contribution in [3.05, 3.63) is 70.3 Å². The van der Waals surface area contributed by atoms with Gasteiger partial charge < -0.3 is 19.8 Å². The van der Waals surface area contributed by atoms with Crippen LogP contribution in [0.5, 0.6) is 5.75 Å². The van der Waals surface area contributed by atoms with E-state index in [1.807, 2.05) is 30.3 Å². The van der Waals surface area contributed by atoms with Crippen LogP contribution in [-0.2, 0) is 16.1 Å². The summed E-state index contributed by atoms with van der Waals surface area (Å²) in [6, 6.07) is 15.0. The van der Waals surface area contributed by atoms with E-state index in [1.54, 1.807) is 18.2 Å². The van der Waals surface area contributed by atoms with Gasteiger partial charge in [-0.25, -0.2) is 4.98 Å². The highest BCUT2D eigenvalue weighted by Crippen LogP contribution is 2.45. The van der Waals surface area contributed by atoms with Gasteiger partial charge in [0, 0.05) is 12.0 Å². The minimum atomic E-state index is -0.213. The first kappa shape index (κ1) is 20.7. The predicted molar refractivity (Wildman–Crippen MR) is 120 cm³/mol. The summed E-state index contributed by atoms with van der Waals surface area (Å²) >= 11 is 0. The summed E-state index contributed by atoms with van der Waals surface area (Å²) < 4.78 is 12.0. The Kier molecular flexibility index (Phi) is 5.66. The van der Waals surface area contributed by atoms with Crippen LogP contribution in [0, 0.1) is 0 Å². The average Bonchev–Trinajstić information content (AvgIpc) is 2.79. The van der Waals surface area contributed by atoms with E-state index in [0.29, 0.717) is 16.7 Å². The van der Waals surface area contributed by atoms with Crippen LogP contribution in [0.25, 0.3) is 10.9 Å². The molecule has 0 unspecified atom stereocenters. The van der Waals surface area contributed by atoms with Crippen molar-refractivity contribution in [3.8, 4) is 5.75 Å². The summed E-state index contributed by atoms with van der Waals surface area (Å²) in [6.07, 6.45) is 6.36. The van der Waals surface area contributed by atoms with E-state index in [1.165, 1.54) is 6.42 Å². The Labute approximate surface area is 186 Å². The number of hydrogen-bond acceptors (Lipinski definition) is 5. The lowest BCUT2D eigenvalue weighted by Gasteiger charge is -2.44. The molecule has 5 rings (SSSR count). The topological polar surface area (TPSA) is 93.3 Å². The maximum atomic E-state index is 12.7. The SMILES string of the molecule is O=C(COCc1nc2ccccc2c(=O)[nH]1)N[C@@H]1CC2(CCCCC2)Oc2ccccc21. The highest BCUT2D eigenvalue weighted by Gasteiger charge is 2.42. The standard InChI is InChI=1S/C25H27N3O4/c29-23(16-31-15-22-26-19-10-4-2-9-18(19)24(30)28-22)27-20-14-25(12-6-1-7-13-25)32-21-11-5-3-8-17(20)21/h2-5,8-11,20H,1,6-7,12-16H2,(H,27,29)(H,26,28,30)/t20-/m1/s1. The molecule has 32 heavy (non-hydrogen) atoms. The van der Waals surface area contributed by atoms with Crippen LogP contribution in [0.2, 0.25) is 0 Å². The Hall–Kier alpha value is -3.19. The number of nitrogens with zero attached hydrogens (tertiary/aromatic N) is 1. The van der Waals surface area contributed by atoms with Gasteiger partial charge in [0.25, 0.3) is 5.56 Å². The van der Waals surface area contributed by atoms with Gasteiger partial charge in [0.05, 0.1) is 16.9 Å². The van der Waals surface area contributed by atoms with Crippen molar-refractivity contribution in [2.75, 3.05) is 6.61 Å². The molecule has 2 N–H and O–H groups in total. The second-order valence-corrected chi connectivity index (χ2v) is 8.73. The zero-order valence-electron chi connectivity index (χ0n) is 17.9. The van der Waals surface area contributed by atoms with Crippen LogP contribution < -0.4 is 15.6 Å². The van der Waals surface area contributed by atoms with Crippen LogP contribution in [0.3, 0.4) is 0 Å². The number of para-hydroxylation sites is 2. The molecular weight excluding hydrogens is 406 g/mol. The Balaban J connectivity index is 1.23. The number of carbonyl (C=O) groups excluding carboxylic acids is 1. The van der Waals surface area contributed by atoms with E-state index in [4.69, 9.17) is 9.47 Å². The van der Waals surface area contributed by atoms with Crippen molar-refractivity contribution in [2.24, 2.45) is 0 Å². The van der Waals surface area contributed by atoms with Gasteiger partial charge in [-0.15, -0.1) is 0 Å². The summed E-state index contributed by atoms with van der Waals surface area (Å²) in [6.45, 7) is -0.0507. The number of carbonyl (C=O) groups is 1. The largest absolute Gasteiger partial charge is 0.487 e. The van der Waals surface area contributed by atoms with E-state index in [9.17, 15) is 9.59 Å². The van der Waals surface area contributed by atoms with Crippen molar-refractivity contribution in [1.82, 2.24) is 15.3 Å². The van der Waals surface area contributed by atoms with Crippen molar-refractivity contribution in [1.29, 1.82) is 0 Å². The first-order valence-corrected chi connectivity index (χ1v) is 11.2. The molecule has 1 saturated carbocycles. The Morgan fingerprint density at radius 2 is 1.91 bits per heavy atom. The number of H-pyrrole nitrogens is 1. The third-order valence-corrected chi connectivity index (χ3v) is 6.43. The molecule has 2 aromatic carbocycles. The number of aromatic nitrogens is 2. The van der Waals surface area contributed by atoms with E-state index in [2.05, 4.69) is 15.3 Å². The Morgan fingerprint density at radius 3 is 2.78 bits per heavy atom. The minimum absolute atomic E-state index is 0.0573. The fourth-order valence-corrected chi connectivity index (χ4v) is 4.93. The van der Waals surface area contributed by atoms with E-state index < -0.39 is 0 Å². The average molecular weight is 434 g/mol. The van der Waals surface area contributed by atoms with Crippen LogP contribution in [0.1, 0.15) is 56.0 Å². The van der Waals surface area contributed by atoms with Crippen LogP contribution in [-0.4, -0.2) is 28.1 Å². The minimum Gasteiger partial charge on any atom is -0.487 e. The molecule has 1 aromatic heterocycles. The number of rotatable bonds is 5. The number of amides is 1. The van der Waals surface area contributed by atoms with E-state index >= 15 is 0 Å². The molecule has 2 heterocycles. The zero-order valence-corrected chi connectivity index (χ0v) is 17.9. The molecule has 2 aliphatic rings. The highest BCUT2D eigenvalue weighted by atomic mass is 16.5. The predicted octanol–water partition coefficient (Wildman–Crippen LogP) is 3.78. The van der Waals surface area contributed by atoms with Gasteiger partial charge in [-0.1, -0.05) is 36.8 Å². The molecule has 7 nitrogen and oxygen atoms in total. The van der Waals surface area contributed by atoms with Crippen LogP contribution in [0.15, 0.2) is 53.3 Å². The molecule has 1 fully saturated rings. The first-order chi connectivity index (χ1) is 15.6. The smallest absolute Gasteiger partial charge is 0.258 e. The molecule has 1 aliphatic carbocycles. The lowest BCUT2D eigenvalue weighted by Crippen LogP contribution is -2.47. The molecular formula is C25H27N3O4. The molecule has 1 aliphatic heterocycles. The molecule has 1 spiro atoms. The van der Waals surface area contributed by atoms with Crippen molar-refractivity contribution < 1.29 is 14.3 Å². The molecule has 7 heteroatoms. The summed E-state index contributed by atoms with van der Waals surface area (Å²) in [7, 11) is 0. The fourth-order valence-electron chi connectivity index (χ4n) is 4.93.